The van der Waals surface area contributed by atoms with Crippen LogP contribution in [0.5, 0.6) is 0 Å². The van der Waals surface area contributed by atoms with Gasteiger partial charge in [-0.3, -0.25) is 0 Å². The summed E-state index contributed by atoms with van der Waals surface area (Å²) in [7, 11) is 4.30. The van der Waals surface area contributed by atoms with Gasteiger partial charge >= 0.3 is 0 Å². The highest BCUT2D eigenvalue weighted by Crippen LogP contribution is 2.26. The highest BCUT2D eigenvalue weighted by Gasteiger charge is 2.24. The molecule has 112 valence electrons. The van der Waals surface area contributed by atoms with Crippen LogP contribution in [0.1, 0.15) is 31.4 Å². The number of hydrogen-bond donors (Lipinski definition) is 1. The number of nitrogens with zero attached hydrogens (tertiary/aromatic N) is 1. The summed E-state index contributed by atoms with van der Waals surface area (Å²) in [4.78, 5) is 2.28. The Morgan fingerprint density at radius 2 is 1.95 bits per heavy atom. The highest BCUT2D eigenvalue weighted by molar-refractivity contribution is 6.30. The van der Waals surface area contributed by atoms with Gasteiger partial charge in [0.2, 0.25) is 0 Å². The minimum atomic E-state index is 0.562. The van der Waals surface area contributed by atoms with Crippen molar-refractivity contribution in [3.8, 4) is 0 Å². The van der Waals surface area contributed by atoms with E-state index in [9.17, 15) is 0 Å². The number of rotatable bonds is 6. The van der Waals surface area contributed by atoms with Gasteiger partial charge in [-0.15, -0.1) is 0 Å². The zero-order valence-electron chi connectivity index (χ0n) is 13.1. The Labute approximate surface area is 128 Å². The molecule has 1 N–H and O–H groups in total. The Balaban J connectivity index is 1.95. The average molecular weight is 295 g/mol. The van der Waals surface area contributed by atoms with Gasteiger partial charge in [0.1, 0.15) is 0 Å². The molecule has 0 aliphatic heterocycles. The first-order chi connectivity index (χ1) is 9.44. The van der Waals surface area contributed by atoms with E-state index in [1.165, 1.54) is 17.5 Å². The molecule has 2 atom stereocenters. The fourth-order valence-corrected chi connectivity index (χ4v) is 3.44. The average Bonchev–Trinajstić information content (AvgIpc) is 2.68. The molecular formula is C17H27ClN2. The number of hydrogen-bond acceptors (Lipinski definition) is 2. The summed E-state index contributed by atoms with van der Waals surface area (Å²) in [6.07, 6.45) is 3.47. The van der Waals surface area contributed by atoms with Crippen LogP contribution in [0.4, 0.5) is 0 Å². The van der Waals surface area contributed by atoms with Crippen molar-refractivity contribution in [1.82, 2.24) is 10.2 Å². The predicted molar refractivity (Wildman–Crippen MR) is 87.6 cm³/mol. The van der Waals surface area contributed by atoms with Gasteiger partial charge in [-0.05, 0) is 62.5 Å². The van der Waals surface area contributed by atoms with Crippen molar-refractivity contribution in [2.24, 2.45) is 5.92 Å². The quantitative estimate of drug-likeness (QED) is 0.865. The summed E-state index contributed by atoms with van der Waals surface area (Å²) in [5, 5.41) is 4.72. The Hall–Kier alpha value is -0.570. The zero-order valence-corrected chi connectivity index (χ0v) is 13.9. The molecule has 0 saturated heterocycles. The summed E-state index contributed by atoms with van der Waals surface area (Å²) >= 11 is 6.09. The molecule has 1 aliphatic rings. The second-order valence-corrected chi connectivity index (χ2v) is 7.21. The van der Waals surface area contributed by atoms with Gasteiger partial charge in [-0.25, -0.2) is 0 Å². The van der Waals surface area contributed by atoms with E-state index in [-0.39, 0.29) is 0 Å². The number of likely N-dealkylation sites (N-methyl/N-ethyl adjacent to an activating group) is 1. The van der Waals surface area contributed by atoms with E-state index in [4.69, 9.17) is 11.6 Å². The number of halogens is 1. The van der Waals surface area contributed by atoms with Gasteiger partial charge in [0, 0.05) is 23.7 Å². The molecule has 20 heavy (non-hydrogen) atoms. The van der Waals surface area contributed by atoms with Crippen LogP contribution < -0.4 is 5.32 Å². The normalized spacial score (nSPS) is 19.6. The number of nitrogens with one attached hydrogen (secondary N) is 1. The van der Waals surface area contributed by atoms with E-state index in [1.807, 2.05) is 6.07 Å². The molecule has 1 aromatic carbocycles. The second kappa shape index (κ2) is 6.93. The third-order valence-electron chi connectivity index (χ3n) is 3.91. The fourth-order valence-electron chi connectivity index (χ4n) is 3.24. The van der Waals surface area contributed by atoms with Crippen LogP contribution in [0.25, 0.3) is 0 Å². The van der Waals surface area contributed by atoms with E-state index < -0.39 is 0 Å². The molecule has 0 fully saturated rings. The minimum Gasteiger partial charge on any atom is -0.309 e. The van der Waals surface area contributed by atoms with Crippen LogP contribution in [-0.4, -0.2) is 37.6 Å². The smallest absolute Gasteiger partial charge is 0.0408 e. The van der Waals surface area contributed by atoms with Crippen molar-refractivity contribution >= 4 is 11.6 Å². The fraction of sp³-hybridized carbons (Fsp3) is 0.647. The van der Waals surface area contributed by atoms with Crippen molar-refractivity contribution in [2.45, 2.75) is 45.2 Å². The van der Waals surface area contributed by atoms with Crippen molar-refractivity contribution < 1.29 is 0 Å². The summed E-state index contributed by atoms with van der Waals surface area (Å²) in [5.41, 5.74) is 2.88. The molecule has 0 heterocycles. The Bertz CT molecular complexity index is 433. The largest absolute Gasteiger partial charge is 0.309 e. The lowest BCUT2D eigenvalue weighted by Gasteiger charge is -2.27. The van der Waals surface area contributed by atoms with Crippen molar-refractivity contribution in [3.05, 3.63) is 34.3 Å². The minimum absolute atomic E-state index is 0.562. The van der Waals surface area contributed by atoms with Gasteiger partial charge in [0.05, 0.1) is 0 Å². The third kappa shape index (κ3) is 4.47. The van der Waals surface area contributed by atoms with Crippen LogP contribution in [0.15, 0.2) is 18.2 Å². The van der Waals surface area contributed by atoms with Gasteiger partial charge in [0.15, 0.2) is 0 Å². The van der Waals surface area contributed by atoms with Gasteiger partial charge in [0.25, 0.3) is 0 Å². The molecule has 0 bridgehead atoms. The molecule has 2 nitrogen and oxygen atoms in total. The highest BCUT2D eigenvalue weighted by atomic mass is 35.5. The molecule has 2 unspecified atom stereocenters. The topological polar surface area (TPSA) is 15.3 Å². The second-order valence-electron chi connectivity index (χ2n) is 6.77. The van der Waals surface area contributed by atoms with Crippen LogP contribution in [0, 0.1) is 5.92 Å². The SMILES string of the molecule is CC(C)CC(CN(C)C)NC1Cc2ccc(Cl)cc2C1. The third-order valence-corrected chi connectivity index (χ3v) is 4.15. The van der Waals surface area contributed by atoms with Gasteiger partial charge in [-0.2, -0.15) is 0 Å². The molecule has 0 amide bonds. The first kappa shape index (κ1) is 15.8. The molecule has 0 spiro atoms. The van der Waals surface area contributed by atoms with Crippen molar-refractivity contribution in [3.63, 3.8) is 0 Å². The molecule has 0 radical (unpaired) electrons. The lowest BCUT2D eigenvalue weighted by Crippen LogP contribution is -2.45. The monoisotopic (exact) mass is 294 g/mol. The van der Waals surface area contributed by atoms with Crippen LogP contribution in [-0.2, 0) is 12.8 Å². The predicted octanol–water partition coefficient (Wildman–Crippen LogP) is 3.37. The standard InChI is InChI=1S/C17H27ClN2/c1-12(2)7-17(11-20(3)4)19-16-9-13-5-6-15(18)8-14(13)10-16/h5-6,8,12,16-17,19H,7,9-11H2,1-4H3. The summed E-state index contributed by atoms with van der Waals surface area (Å²) in [5.74, 6) is 0.727. The summed E-state index contributed by atoms with van der Waals surface area (Å²) in [6, 6.07) is 7.45. The van der Waals surface area contributed by atoms with Crippen molar-refractivity contribution in [1.29, 1.82) is 0 Å². The number of fused-ring (bicyclic) bond motifs is 1. The summed E-state index contributed by atoms with van der Waals surface area (Å²) in [6.45, 7) is 5.70. The lowest BCUT2D eigenvalue weighted by atomic mass is 10.0. The molecule has 3 heteroatoms. The van der Waals surface area contributed by atoms with Crippen LogP contribution in [0.3, 0.4) is 0 Å². The van der Waals surface area contributed by atoms with E-state index >= 15 is 0 Å². The first-order valence-electron chi connectivity index (χ1n) is 7.62. The maximum atomic E-state index is 6.09. The molecule has 0 saturated carbocycles. The zero-order chi connectivity index (χ0) is 14.7. The maximum absolute atomic E-state index is 6.09. The Morgan fingerprint density at radius 1 is 1.25 bits per heavy atom. The van der Waals surface area contributed by atoms with E-state index in [0.29, 0.717) is 12.1 Å². The first-order valence-corrected chi connectivity index (χ1v) is 8.00. The van der Waals surface area contributed by atoms with Gasteiger partial charge < -0.3 is 10.2 Å². The van der Waals surface area contributed by atoms with E-state index in [2.05, 4.69) is 50.3 Å². The van der Waals surface area contributed by atoms with E-state index in [0.717, 1.165) is 30.3 Å². The van der Waals surface area contributed by atoms with E-state index in [1.54, 1.807) is 0 Å². The number of benzene rings is 1. The Kier molecular flexibility index (Phi) is 5.48. The maximum Gasteiger partial charge on any atom is 0.0408 e. The molecule has 1 aliphatic carbocycles. The molecular weight excluding hydrogens is 268 g/mol. The lowest BCUT2D eigenvalue weighted by molar-refractivity contribution is 0.287. The van der Waals surface area contributed by atoms with Gasteiger partial charge in [-0.1, -0.05) is 31.5 Å². The van der Waals surface area contributed by atoms with Crippen LogP contribution in [0.2, 0.25) is 5.02 Å². The summed E-state index contributed by atoms with van der Waals surface area (Å²) < 4.78 is 0. The molecule has 0 aromatic heterocycles. The molecule has 1 aromatic rings. The van der Waals surface area contributed by atoms with Crippen LogP contribution >= 0.6 is 11.6 Å². The molecule has 2 rings (SSSR count). The Morgan fingerprint density at radius 3 is 2.60 bits per heavy atom. The van der Waals surface area contributed by atoms with Crippen molar-refractivity contribution in [2.75, 3.05) is 20.6 Å².